The summed E-state index contributed by atoms with van der Waals surface area (Å²) >= 11 is 2.74. The number of amides is 1. The monoisotopic (exact) mass is 383 g/mol. The Hall–Kier alpha value is -2.85. The van der Waals surface area contributed by atoms with Crippen molar-refractivity contribution in [3.05, 3.63) is 47.6 Å². The molecule has 0 aliphatic heterocycles. The Balaban J connectivity index is 1.49. The van der Waals surface area contributed by atoms with Crippen molar-refractivity contribution in [2.24, 2.45) is 0 Å². The molecule has 0 saturated heterocycles. The van der Waals surface area contributed by atoms with E-state index in [0.29, 0.717) is 27.3 Å². The van der Waals surface area contributed by atoms with Crippen molar-refractivity contribution in [1.29, 1.82) is 0 Å². The van der Waals surface area contributed by atoms with Crippen LogP contribution in [0.3, 0.4) is 0 Å². The number of rotatable bonds is 5. The zero-order valence-corrected chi connectivity index (χ0v) is 15.3. The number of aryl methyl sites for hydroxylation is 1. The van der Waals surface area contributed by atoms with E-state index in [0.717, 1.165) is 5.69 Å². The number of nitrogens with zero attached hydrogens (tertiary/aromatic N) is 6. The third-order valence-electron chi connectivity index (χ3n) is 3.35. The Morgan fingerprint density at radius 1 is 1.27 bits per heavy atom. The summed E-state index contributed by atoms with van der Waals surface area (Å²) in [5.74, 6) is 0.670. The molecule has 0 aliphatic rings. The molecule has 4 heterocycles. The molecule has 0 radical (unpaired) electrons. The minimum atomic E-state index is -0.125. The molecule has 1 amide bonds. The standard InChI is InChI=1S/C16H13N7OS2/c1-10-8-26-16(18-10)19-13(24)9-25-14-6-5-12-20-21-15(23(12)22-14)11-4-2-3-7-17-11/h2-8H,9H2,1H3,(H,18,19,24). The van der Waals surface area contributed by atoms with E-state index < -0.39 is 0 Å². The Morgan fingerprint density at radius 2 is 2.19 bits per heavy atom. The number of carbonyl (C=O) groups is 1. The first-order valence-electron chi connectivity index (χ1n) is 7.68. The first-order valence-corrected chi connectivity index (χ1v) is 9.54. The molecule has 0 unspecified atom stereocenters. The number of pyridine rings is 1. The van der Waals surface area contributed by atoms with Gasteiger partial charge < -0.3 is 5.32 Å². The highest BCUT2D eigenvalue weighted by Crippen LogP contribution is 2.20. The van der Waals surface area contributed by atoms with E-state index in [1.54, 1.807) is 10.7 Å². The summed E-state index contributed by atoms with van der Waals surface area (Å²) in [7, 11) is 0. The first kappa shape index (κ1) is 16.6. The third kappa shape index (κ3) is 3.55. The van der Waals surface area contributed by atoms with Crippen molar-refractivity contribution in [2.45, 2.75) is 11.9 Å². The van der Waals surface area contributed by atoms with Gasteiger partial charge in [-0.1, -0.05) is 17.8 Å². The number of carbonyl (C=O) groups excluding carboxylic acids is 1. The van der Waals surface area contributed by atoms with Crippen molar-refractivity contribution in [2.75, 3.05) is 11.1 Å². The summed E-state index contributed by atoms with van der Waals surface area (Å²) in [5, 5.41) is 18.7. The van der Waals surface area contributed by atoms with Gasteiger partial charge in [-0.25, -0.2) is 4.98 Å². The summed E-state index contributed by atoms with van der Waals surface area (Å²) in [5.41, 5.74) is 2.20. The van der Waals surface area contributed by atoms with Crippen LogP contribution in [0.1, 0.15) is 5.69 Å². The average Bonchev–Trinajstić information content (AvgIpc) is 3.26. The number of thioether (sulfide) groups is 1. The van der Waals surface area contributed by atoms with Crippen LogP contribution >= 0.6 is 23.1 Å². The molecule has 26 heavy (non-hydrogen) atoms. The van der Waals surface area contributed by atoms with E-state index in [-0.39, 0.29) is 11.7 Å². The lowest BCUT2D eigenvalue weighted by molar-refractivity contribution is -0.113. The van der Waals surface area contributed by atoms with Crippen LogP contribution in [0.25, 0.3) is 17.2 Å². The fraction of sp³-hybridized carbons (Fsp3) is 0.125. The van der Waals surface area contributed by atoms with Crippen LogP contribution in [0, 0.1) is 6.92 Å². The van der Waals surface area contributed by atoms with Crippen LogP contribution < -0.4 is 5.32 Å². The van der Waals surface area contributed by atoms with Crippen LogP contribution in [0.4, 0.5) is 5.13 Å². The minimum Gasteiger partial charge on any atom is -0.301 e. The third-order valence-corrected chi connectivity index (χ3v) is 5.14. The fourth-order valence-electron chi connectivity index (χ4n) is 2.21. The van der Waals surface area contributed by atoms with Crippen LogP contribution in [0.15, 0.2) is 46.9 Å². The molecule has 0 saturated carbocycles. The fourth-order valence-corrected chi connectivity index (χ4v) is 3.57. The number of aromatic nitrogens is 6. The average molecular weight is 383 g/mol. The minimum absolute atomic E-state index is 0.125. The van der Waals surface area contributed by atoms with Gasteiger partial charge in [-0.3, -0.25) is 9.78 Å². The van der Waals surface area contributed by atoms with Gasteiger partial charge in [0.25, 0.3) is 0 Å². The van der Waals surface area contributed by atoms with Gasteiger partial charge in [0.05, 0.1) is 11.4 Å². The van der Waals surface area contributed by atoms with E-state index in [9.17, 15) is 4.79 Å². The number of nitrogens with one attached hydrogen (secondary N) is 1. The molecule has 0 bridgehead atoms. The predicted octanol–water partition coefficient (Wildman–Crippen LogP) is 2.68. The molecular weight excluding hydrogens is 370 g/mol. The maximum Gasteiger partial charge on any atom is 0.236 e. The second-order valence-corrected chi connectivity index (χ2v) is 7.16. The van der Waals surface area contributed by atoms with E-state index in [1.807, 2.05) is 42.6 Å². The number of anilines is 1. The number of hydrogen-bond acceptors (Lipinski definition) is 8. The lowest BCUT2D eigenvalue weighted by Crippen LogP contribution is -2.14. The van der Waals surface area contributed by atoms with Crippen molar-refractivity contribution < 1.29 is 4.79 Å². The number of hydrogen-bond donors (Lipinski definition) is 1. The van der Waals surface area contributed by atoms with Crippen molar-refractivity contribution in [3.63, 3.8) is 0 Å². The smallest absolute Gasteiger partial charge is 0.236 e. The molecule has 4 aromatic rings. The molecule has 1 N–H and O–H groups in total. The van der Waals surface area contributed by atoms with Gasteiger partial charge in [0.15, 0.2) is 10.8 Å². The van der Waals surface area contributed by atoms with Crippen molar-refractivity contribution >= 4 is 39.8 Å². The molecular formula is C16H13N7OS2. The molecule has 130 valence electrons. The number of thiazole rings is 1. The number of fused-ring (bicyclic) bond motifs is 1. The molecule has 8 nitrogen and oxygen atoms in total. The van der Waals surface area contributed by atoms with E-state index in [4.69, 9.17) is 0 Å². The van der Waals surface area contributed by atoms with E-state index in [1.165, 1.54) is 23.1 Å². The van der Waals surface area contributed by atoms with Gasteiger partial charge in [0.1, 0.15) is 10.7 Å². The lowest BCUT2D eigenvalue weighted by Gasteiger charge is -2.03. The van der Waals surface area contributed by atoms with Gasteiger partial charge in [0.2, 0.25) is 11.7 Å². The van der Waals surface area contributed by atoms with Crippen LogP contribution in [0.2, 0.25) is 0 Å². The molecule has 10 heteroatoms. The van der Waals surface area contributed by atoms with Gasteiger partial charge >= 0.3 is 0 Å². The van der Waals surface area contributed by atoms with Gasteiger partial charge in [-0.05, 0) is 31.2 Å². The second-order valence-electron chi connectivity index (χ2n) is 5.31. The topological polar surface area (TPSA) is 98.0 Å². The van der Waals surface area contributed by atoms with Gasteiger partial charge in [-0.2, -0.15) is 9.61 Å². The summed E-state index contributed by atoms with van der Waals surface area (Å²) in [6, 6.07) is 9.20. The Bertz CT molecular complexity index is 1060. The normalized spacial score (nSPS) is 11.0. The predicted molar refractivity (Wildman–Crippen MR) is 100 cm³/mol. The zero-order chi connectivity index (χ0) is 17.9. The van der Waals surface area contributed by atoms with Crippen molar-refractivity contribution in [3.8, 4) is 11.5 Å². The van der Waals surface area contributed by atoms with Crippen LogP contribution in [-0.2, 0) is 4.79 Å². The Labute approximate surface area is 156 Å². The Kier molecular flexibility index (Phi) is 4.59. The molecule has 0 aliphatic carbocycles. The molecule has 0 fully saturated rings. The lowest BCUT2D eigenvalue weighted by atomic mass is 10.3. The maximum absolute atomic E-state index is 12.1. The summed E-state index contributed by atoms with van der Waals surface area (Å²) in [6.07, 6.45) is 1.69. The first-order chi connectivity index (χ1) is 12.7. The van der Waals surface area contributed by atoms with Crippen LogP contribution in [0.5, 0.6) is 0 Å². The van der Waals surface area contributed by atoms with E-state index >= 15 is 0 Å². The Morgan fingerprint density at radius 3 is 2.96 bits per heavy atom. The highest BCUT2D eigenvalue weighted by Gasteiger charge is 2.12. The molecule has 0 spiro atoms. The van der Waals surface area contributed by atoms with Crippen molar-refractivity contribution in [1.82, 2.24) is 29.8 Å². The highest BCUT2D eigenvalue weighted by molar-refractivity contribution is 7.99. The second kappa shape index (κ2) is 7.18. The maximum atomic E-state index is 12.1. The summed E-state index contributed by atoms with van der Waals surface area (Å²) < 4.78 is 1.63. The summed E-state index contributed by atoms with van der Waals surface area (Å²) in [4.78, 5) is 20.6. The quantitative estimate of drug-likeness (QED) is 0.529. The highest BCUT2D eigenvalue weighted by atomic mass is 32.2. The molecule has 4 rings (SSSR count). The van der Waals surface area contributed by atoms with Gasteiger partial charge in [-0.15, -0.1) is 21.5 Å². The molecule has 0 atom stereocenters. The molecule has 4 aromatic heterocycles. The largest absolute Gasteiger partial charge is 0.301 e. The zero-order valence-electron chi connectivity index (χ0n) is 13.7. The molecule has 0 aromatic carbocycles. The SMILES string of the molecule is Cc1csc(NC(=O)CSc2ccc3nnc(-c4ccccn4)n3n2)n1. The summed E-state index contributed by atoms with van der Waals surface area (Å²) in [6.45, 7) is 1.89. The van der Waals surface area contributed by atoms with E-state index in [2.05, 4.69) is 30.6 Å². The van der Waals surface area contributed by atoms with Crippen LogP contribution in [-0.4, -0.2) is 41.4 Å². The van der Waals surface area contributed by atoms with Gasteiger partial charge in [0, 0.05) is 11.6 Å².